The lowest BCUT2D eigenvalue weighted by atomic mass is 9.99. The minimum atomic E-state index is -0.161. The largest absolute Gasteiger partial charge is 0.508 e. The molecule has 0 aliphatic heterocycles. The van der Waals surface area contributed by atoms with Gasteiger partial charge in [-0.2, -0.15) is 0 Å². The normalized spacial score (nSPS) is 12.4. The molecule has 0 bridgehead atoms. The predicted molar refractivity (Wildman–Crippen MR) is 80.5 cm³/mol. The number of phenols is 1. The van der Waals surface area contributed by atoms with Crippen LogP contribution in [0.2, 0.25) is 0 Å². The topological polar surface area (TPSA) is 59.1 Å². The third kappa shape index (κ3) is 2.49. The summed E-state index contributed by atoms with van der Waals surface area (Å²) in [6.45, 7) is 0. The van der Waals surface area contributed by atoms with Gasteiger partial charge in [-0.1, -0.05) is 36.4 Å². The third-order valence-corrected chi connectivity index (χ3v) is 3.45. The summed E-state index contributed by atoms with van der Waals surface area (Å²) in [5.74, 6) is 0.269. The molecule has 0 aliphatic carbocycles. The molecule has 1 unspecified atom stereocenters. The molecule has 0 spiro atoms. The van der Waals surface area contributed by atoms with E-state index >= 15 is 0 Å². The van der Waals surface area contributed by atoms with Gasteiger partial charge in [-0.25, -0.2) is 0 Å². The molecule has 20 heavy (non-hydrogen) atoms. The van der Waals surface area contributed by atoms with Gasteiger partial charge in [0, 0.05) is 11.6 Å². The van der Waals surface area contributed by atoms with E-state index in [0.717, 1.165) is 22.0 Å². The number of nitrogens with two attached hydrogens (primary N) is 1. The molecule has 3 N–H and O–H groups in total. The number of fused-ring (bicyclic) bond motifs is 1. The second-order valence-corrected chi connectivity index (χ2v) is 4.89. The Labute approximate surface area is 117 Å². The van der Waals surface area contributed by atoms with Gasteiger partial charge in [-0.05, 0) is 35.6 Å². The summed E-state index contributed by atoms with van der Waals surface area (Å²) in [5.41, 5.74) is 8.31. The minimum absolute atomic E-state index is 0.161. The Morgan fingerprint density at radius 2 is 1.75 bits per heavy atom. The van der Waals surface area contributed by atoms with Crippen molar-refractivity contribution < 1.29 is 5.11 Å². The molecule has 0 radical (unpaired) electrons. The van der Waals surface area contributed by atoms with E-state index in [1.807, 2.05) is 36.4 Å². The first-order valence-electron chi connectivity index (χ1n) is 6.61. The zero-order valence-electron chi connectivity index (χ0n) is 11.0. The van der Waals surface area contributed by atoms with E-state index in [1.54, 1.807) is 18.3 Å². The fraction of sp³-hybridized carbons (Fsp3) is 0.118. The average Bonchev–Trinajstić information content (AvgIpc) is 2.49. The smallest absolute Gasteiger partial charge is 0.115 e. The lowest BCUT2D eigenvalue weighted by Crippen LogP contribution is -2.15. The molecule has 0 saturated heterocycles. The lowest BCUT2D eigenvalue weighted by molar-refractivity contribution is 0.475. The number of hydrogen-bond acceptors (Lipinski definition) is 3. The molecule has 3 aromatic rings. The SMILES string of the molecule is NC(Cc1ccc(O)cc1)c1nccc2ccccc12. The zero-order chi connectivity index (χ0) is 13.9. The van der Waals surface area contributed by atoms with Gasteiger partial charge in [0.25, 0.3) is 0 Å². The maximum absolute atomic E-state index is 9.31. The maximum atomic E-state index is 9.31. The molecule has 0 aliphatic rings. The second-order valence-electron chi connectivity index (χ2n) is 4.89. The highest BCUT2D eigenvalue weighted by molar-refractivity contribution is 5.84. The number of rotatable bonds is 3. The van der Waals surface area contributed by atoms with E-state index in [9.17, 15) is 5.11 Å². The molecule has 2 aromatic carbocycles. The summed E-state index contributed by atoms with van der Waals surface area (Å²) < 4.78 is 0. The van der Waals surface area contributed by atoms with Gasteiger partial charge >= 0.3 is 0 Å². The Hall–Kier alpha value is -2.39. The van der Waals surface area contributed by atoms with E-state index in [-0.39, 0.29) is 11.8 Å². The van der Waals surface area contributed by atoms with Crippen molar-refractivity contribution in [1.29, 1.82) is 0 Å². The number of pyridine rings is 1. The van der Waals surface area contributed by atoms with Gasteiger partial charge in [0.15, 0.2) is 0 Å². The van der Waals surface area contributed by atoms with Crippen LogP contribution in [0.1, 0.15) is 17.3 Å². The Balaban J connectivity index is 1.92. The first kappa shape index (κ1) is 12.6. The van der Waals surface area contributed by atoms with E-state index in [2.05, 4.69) is 11.1 Å². The minimum Gasteiger partial charge on any atom is -0.508 e. The Morgan fingerprint density at radius 1 is 1.00 bits per heavy atom. The average molecular weight is 264 g/mol. The molecule has 3 rings (SSSR count). The van der Waals surface area contributed by atoms with Crippen LogP contribution in [-0.2, 0) is 6.42 Å². The summed E-state index contributed by atoms with van der Waals surface area (Å²) in [4.78, 5) is 4.45. The molecule has 3 heteroatoms. The van der Waals surface area contributed by atoms with Crippen LogP contribution in [-0.4, -0.2) is 10.1 Å². The summed E-state index contributed by atoms with van der Waals surface area (Å²) in [5, 5.41) is 11.6. The monoisotopic (exact) mass is 264 g/mol. The highest BCUT2D eigenvalue weighted by atomic mass is 16.3. The lowest BCUT2D eigenvalue weighted by Gasteiger charge is -2.13. The van der Waals surface area contributed by atoms with Gasteiger partial charge in [0.05, 0.1) is 11.7 Å². The van der Waals surface area contributed by atoms with Gasteiger partial charge in [0.2, 0.25) is 0 Å². The number of benzene rings is 2. The van der Waals surface area contributed by atoms with Crippen LogP contribution in [0, 0.1) is 0 Å². The highest BCUT2D eigenvalue weighted by Crippen LogP contribution is 2.23. The first-order chi connectivity index (χ1) is 9.74. The molecular formula is C17H16N2O. The summed E-state index contributed by atoms with van der Waals surface area (Å²) in [6.07, 6.45) is 2.50. The van der Waals surface area contributed by atoms with Crippen molar-refractivity contribution in [3.8, 4) is 5.75 Å². The van der Waals surface area contributed by atoms with Crippen LogP contribution in [0.4, 0.5) is 0 Å². The van der Waals surface area contributed by atoms with Crippen molar-refractivity contribution in [2.24, 2.45) is 5.73 Å². The van der Waals surface area contributed by atoms with Crippen molar-refractivity contribution >= 4 is 10.8 Å². The quantitative estimate of drug-likeness (QED) is 0.763. The number of aromatic nitrogens is 1. The molecule has 1 heterocycles. The van der Waals surface area contributed by atoms with Crippen molar-refractivity contribution in [1.82, 2.24) is 4.98 Å². The Morgan fingerprint density at radius 3 is 2.55 bits per heavy atom. The van der Waals surface area contributed by atoms with Crippen LogP contribution >= 0.6 is 0 Å². The van der Waals surface area contributed by atoms with E-state index < -0.39 is 0 Å². The van der Waals surface area contributed by atoms with E-state index in [0.29, 0.717) is 6.42 Å². The van der Waals surface area contributed by atoms with Gasteiger partial charge in [0.1, 0.15) is 5.75 Å². The Bertz CT molecular complexity index is 717. The van der Waals surface area contributed by atoms with Crippen molar-refractivity contribution in [2.45, 2.75) is 12.5 Å². The predicted octanol–water partition coefficient (Wildman–Crippen LogP) is 3.18. The van der Waals surface area contributed by atoms with Crippen molar-refractivity contribution in [3.63, 3.8) is 0 Å². The third-order valence-electron chi connectivity index (χ3n) is 3.45. The van der Waals surface area contributed by atoms with Gasteiger partial charge in [-0.3, -0.25) is 4.98 Å². The summed E-state index contributed by atoms with van der Waals surface area (Å²) in [6, 6.07) is 17.1. The standard InChI is InChI=1S/C17H16N2O/c18-16(11-12-5-7-14(20)8-6-12)17-15-4-2-1-3-13(15)9-10-19-17/h1-10,16,20H,11,18H2. The van der Waals surface area contributed by atoms with Crippen LogP contribution < -0.4 is 5.73 Å². The molecule has 3 nitrogen and oxygen atoms in total. The Kier molecular flexibility index (Phi) is 3.35. The van der Waals surface area contributed by atoms with Crippen LogP contribution in [0.15, 0.2) is 60.8 Å². The summed E-state index contributed by atoms with van der Waals surface area (Å²) in [7, 11) is 0. The van der Waals surface area contributed by atoms with Crippen molar-refractivity contribution in [3.05, 3.63) is 72.1 Å². The second kappa shape index (κ2) is 5.31. The first-order valence-corrected chi connectivity index (χ1v) is 6.61. The van der Waals surface area contributed by atoms with Crippen LogP contribution in [0.25, 0.3) is 10.8 Å². The molecule has 0 amide bonds. The maximum Gasteiger partial charge on any atom is 0.115 e. The molecular weight excluding hydrogens is 248 g/mol. The van der Waals surface area contributed by atoms with Gasteiger partial charge in [-0.15, -0.1) is 0 Å². The fourth-order valence-electron chi connectivity index (χ4n) is 2.42. The molecule has 1 aromatic heterocycles. The number of aromatic hydroxyl groups is 1. The molecule has 0 saturated carbocycles. The molecule has 100 valence electrons. The summed E-state index contributed by atoms with van der Waals surface area (Å²) >= 11 is 0. The number of nitrogens with zero attached hydrogens (tertiary/aromatic N) is 1. The van der Waals surface area contributed by atoms with Crippen molar-refractivity contribution in [2.75, 3.05) is 0 Å². The highest BCUT2D eigenvalue weighted by Gasteiger charge is 2.12. The van der Waals surface area contributed by atoms with Gasteiger partial charge < -0.3 is 10.8 Å². The van der Waals surface area contributed by atoms with Crippen LogP contribution in [0.5, 0.6) is 5.75 Å². The zero-order valence-corrected chi connectivity index (χ0v) is 11.0. The van der Waals surface area contributed by atoms with E-state index in [1.165, 1.54) is 0 Å². The van der Waals surface area contributed by atoms with E-state index in [4.69, 9.17) is 5.73 Å². The fourth-order valence-corrected chi connectivity index (χ4v) is 2.42. The molecule has 0 fully saturated rings. The number of hydrogen-bond donors (Lipinski definition) is 2. The van der Waals surface area contributed by atoms with Crippen LogP contribution in [0.3, 0.4) is 0 Å². The molecule has 1 atom stereocenters. The number of phenolic OH excluding ortho intramolecular Hbond substituents is 1.